The highest BCUT2D eigenvalue weighted by Gasteiger charge is 2.13. The molecule has 2 N–H and O–H groups in total. The predicted octanol–water partition coefficient (Wildman–Crippen LogP) is 3.30. The van der Waals surface area contributed by atoms with E-state index in [-0.39, 0.29) is 11.7 Å². The number of anilines is 1. The minimum absolute atomic E-state index is 0.0319. The van der Waals surface area contributed by atoms with Gasteiger partial charge in [-0.2, -0.15) is 0 Å². The number of benzene rings is 2. The van der Waals surface area contributed by atoms with Crippen LogP contribution in [0.3, 0.4) is 0 Å². The first-order valence-corrected chi connectivity index (χ1v) is 7.59. The predicted molar refractivity (Wildman–Crippen MR) is 89.9 cm³/mol. The van der Waals surface area contributed by atoms with Crippen LogP contribution in [0.5, 0.6) is 5.75 Å². The summed E-state index contributed by atoms with van der Waals surface area (Å²) in [5, 5.41) is 20.1. The molecular weight excluding hydrogens is 360 g/mol. The lowest BCUT2D eigenvalue weighted by atomic mass is 10.1. The van der Waals surface area contributed by atoms with Crippen LogP contribution in [-0.2, 0) is 0 Å². The van der Waals surface area contributed by atoms with E-state index in [4.69, 9.17) is 0 Å². The molecule has 3 rings (SSSR count). The van der Waals surface area contributed by atoms with E-state index in [1.165, 1.54) is 0 Å². The van der Waals surface area contributed by atoms with Crippen molar-refractivity contribution in [2.24, 2.45) is 0 Å². The zero-order valence-electron chi connectivity index (χ0n) is 12.2. The monoisotopic (exact) mass is 372 g/mol. The number of hydrogen-bond acceptors (Lipinski definition) is 4. The average Bonchev–Trinajstić information content (AvgIpc) is 3.05. The van der Waals surface area contributed by atoms with E-state index >= 15 is 0 Å². The number of rotatable bonds is 3. The number of nitrogens with zero attached hydrogens (tertiary/aromatic N) is 3. The molecule has 0 bridgehead atoms. The van der Waals surface area contributed by atoms with Gasteiger partial charge in [-0.05, 0) is 58.7 Å². The molecule has 116 valence electrons. The van der Waals surface area contributed by atoms with Gasteiger partial charge in [0.25, 0.3) is 5.91 Å². The van der Waals surface area contributed by atoms with Crippen LogP contribution in [0.4, 0.5) is 5.69 Å². The van der Waals surface area contributed by atoms with Crippen molar-refractivity contribution in [3.63, 3.8) is 0 Å². The van der Waals surface area contributed by atoms with Crippen molar-refractivity contribution in [1.82, 2.24) is 14.8 Å². The van der Waals surface area contributed by atoms with E-state index in [9.17, 15) is 9.90 Å². The van der Waals surface area contributed by atoms with E-state index < -0.39 is 0 Å². The molecule has 0 radical (unpaired) electrons. The first-order chi connectivity index (χ1) is 11.0. The number of phenols is 1. The minimum Gasteiger partial charge on any atom is -0.506 e. The summed E-state index contributed by atoms with van der Waals surface area (Å²) >= 11 is 3.37. The summed E-state index contributed by atoms with van der Waals surface area (Å²) < 4.78 is 2.35. The van der Waals surface area contributed by atoms with E-state index in [1.54, 1.807) is 41.5 Å². The van der Waals surface area contributed by atoms with Gasteiger partial charge in [0.2, 0.25) is 0 Å². The van der Waals surface area contributed by atoms with E-state index in [0.29, 0.717) is 15.7 Å². The van der Waals surface area contributed by atoms with Crippen LogP contribution in [0, 0.1) is 6.92 Å². The quantitative estimate of drug-likeness (QED) is 0.691. The highest BCUT2D eigenvalue weighted by molar-refractivity contribution is 9.10. The number of carbonyl (C=O) groups excluding carboxylic acids is 1. The van der Waals surface area contributed by atoms with Gasteiger partial charge in [0.15, 0.2) is 0 Å². The number of aryl methyl sites for hydroxylation is 1. The summed E-state index contributed by atoms with van der Waals surface area (Å²) in [6, 6.07) is 10.4. The third-order valence-electron chi connectivity index (χ3n) is 3.31. The number of nitrogens with one attached hydrogen (secondary N) is 1. The molecule has 3 aromatic rings. The van der Waals surface area contributed by atoms with Gasteiger partial charge in [0.1, 0.15) is 18.4 Å². The number of amides is 1. The summed E-state index contributed by atoms with van der Waals surface area (Å²) in [6.07, 6.45) is 3.10. The molecule has 0 aliphatic rings. The highest BCUT2D eigenvalue weighted by Crippen LogP contribution is 2.26. The molecule has 0 spiro atoms. The zero-order valence-corrected chi connectivity index (χ0v) is 13.8. The van der Waals surface area contributed by atoms with Gasteiger partial charge in [-0.3, -0.25) is 9.36 Å². The molecule has 1 aromatic heterocycles. The Morgan fingerprint density at radius 1 is 1.17 bits per heavy atom. The Bertz CT molecular complexity index is 863. The van der Waals surface area contributed by atoms with Gasteiger partial charge < -0.3 is 10.4 Å². The normalized spacial score (nSPS) is 10.5. The molecule has 2 aromatic carbocycles. The number of carbonyl (C=O) groups is 1. The molecule has 0 fully saturated rings. The molecule has 7 heteroatoms. The van der Waals surface area contributed by atoms with Crippen LogP contribution >= 0.6 is 15.9 Å². The molecule has 0 unspecified atom stereocenters. The van der Waals surface area contributed by atoms with E-state index in [1.807, 2.05) is 19.1 Å². The summed E-state index contributed by atoms with van der Waals surface area (Å²) in [5.41, 5.74) is 2.48. The van der Waals surface area contributed by atoms with Crippen molar-refractivity contribution in [3.8, 4) is 11.4 Å². The Balaban J connectivity index is 1.91. The SMILES string of the molecule is Cc1ccc(NC(=O)c2cc(-n3cnnc3)ccc2Br)c(O)c1. The Hall–Kier alpha value is -2.67. The standard InChI is InChI=1S/C16H13BrN4O2/c1-10-2-5-14(15(22)6-10)20-16(23)12-7-11(3-4-13(12)17)21-8-18-19-9-21/h2-9,22H,1H3,(H,20,23). The van der Waals surface area contributed by atoms with Crippen LogP contribution in [0.1, 0.15) is 15.9 Å². The van der Waals surface area contributed by atoms with Crippen molar-refractivity contribution in [3.05, 3.63) is 64.7 Å². The fraction of sp³-hybridized carbons (Fsp3) is 0.0625. The number of halogens is 1. The van der Waals surface area contributed by atoms with Crippen LogP contribution in [0.15, 0.2) is 53.5 Å². The zero-order chi connectivity index (χ0) is 16.4. The van der Waals surface area contributed by atoms with Crippen molar-refractivity contribution in [2.45, 2.75) is 6.92 Å². The number of hydrogen-bond donors (Lipinski definition) is 2. The van der Waals surface area contributed by atoms with Crippen molar-refractivity contribution < 1.29 is 9.90 Å². The molecule has 0 saturated heterocycles. The molecule has 0 atom stereocenters. The second-order valence-corrected chi connectivity index (χ2v) is 5.86. The smallest absolute Gasteiger partial charge is 0.256 e. The number of aromatic nitrogens is 3. The fourth-order valence-corrected chi connectivity index (χ4v) is 2.55. The molecule has 6 nitrogen and oxygen atoms in total. The highest BCUT2D eigenvalue weighted by atomic mass is 79.9. The second-order valence-electron chi connectivity index (χ2n) is 5.01. The molecule has 1 heterocycles. The molecule has 0 aliphatic heterocycles. The van der Waals surface area contributed by atoms with E-state index in [0.717, 1.165) is 11.3 Å². The van der Waals surface area contributed by atoms with Crippen LogP contribution in [-0.4, -0.2) is 25.8 Å². The van der Waals surface area contributed by atoms with Crippen molar-refractivity contribution in [2.75, 3.05) is 5.32 Å². The van der Waals surface area contributed by atoms with Gasteiger partial charge in [-0.1, -0.05) is 6.07 Å². The van der Waals surface area contributed by atoms with Crippen LogP contribution in [0.25, 0.3) is 5.69 Å². The van der Waals surface area contributed by atoms with E-state index in [2.05, 4.69) is 31.4 Å². The fourth-order valence-electron chi connectivity index (χ4n) is 2.12. The second kappa shape index (κ2) is 6.21. The average molecular weight is 373 g/mol. The van der Waals surface area contributed by atoms with Gasteiger partial charge in [-0.25, -0.2) is 0 Å². The van der Waals surface area contributed by atoms with Crippen molar-refractivity contribution >= 4 is 27.5 Å². The lowest BCUT2D eigenvalue weighted by Gasteiger charge is -2.11. The molecular formula is C16H13BrN4O2. The third kappa shape index (κ3) is 3.24. The Kier molecular flexibility index (Phi) is 4.12. The lowest BCUT2D eigenvalue weighted by Crippen LogP contribution is -2.13. The maximum Gasteiger partial charge on any atom is 0.256 e. The lowest BCUT2D eigenvalue weighted by molar-refractivity contribution is 0.102. The van der Waals surface area contributed by atoms with Gasteiger partial charge in [0.05, 0.1) is 11.3 Å². The topological polar surface area (TPSA) is 80.0 Å². The molecule has 0 aliphatic carbocycles. The Labute approximate surface area is 140 Å². The Morgan fingerprint density at radius 3 is 2.61 bits per heavy atom. The van der Waals surface area contributed by atoms with Crippen molar-refractivity contribution in [1.29, 1.82) is 0 Å². The van der Waals surface area contributed by atoms with Crippen LogP contribution < -0.4 is 5.32 Å². The summed E-state index contributed by atoms with van der Waals surface area (Å²) in [7, 11) is 0. The summed E-state index contributed by atoms with van der Waals surface area (Å²) in [6.45, 7) is 1.87. The number of aromatic hydroxyl groups is 1. The maximum atomic E-state index is 12.5. The minimum atomic E-state index is -0.328. The Morgan fingerprint density at radius 2 is 1.91 bits per heavy atom. The summed E-state index contributed by atoms with van der Waals surface area (Å²) in [5.74, 6) is -0.296. The van der Waals surface area contributed by atoms with Gasteiger partial charge >= 0.3 is 0 Å². The largest absolute Gasteiger partial charge is 0.506 e. The molecule has 0 saturated carbocycles. The van der Waals surface area contributed by atoms with Gasteiger partial charge in [-0.15, -0.1) is 10.2 Å². The molecule has 1 amide bonds. The first-order valence-electron chi connectivity index (χ1n) is 6.80. The summed E-state index contributed by atoms with van der Waals surface area (Å²) in [4.78, 5) is 12.5. The molecule has 23 heavy (non-hydrogen) atoms. The van der Waals surface area contributed by atoms with Crippen LogP contribution in [0.2, 0.25) is 0 Å². The number of phenolic OH excluding ortho intramolecular Hbond substituents is 1. The van der Waals surface area contributed by atoms with Gasteiger partial charge in [0, 0.05) is 10.2 Å². The maximum absolute atomic E-state index is 12.5. The first kappa shape index (κ1) is 15.2. The third-order valence-corrected chi connectivity index (χ3v) is 4.00.